The molecule has 76 heavy (non-hydrogen) atoms. The SMILES string of the molecule is CCCCN(CCSSC(C)(C)CC(=O)NCCOCCOCCOCCNC(=O)CCN1C(=O)C=CC1=C=O)C(=O)Oc1cc2c(c3c(C(=O)OC)c(C)[nH]c13)[C@H](CCl)CN2C(=O)c1cc2cc([N+](=O)[O-])ccc2o1. The fourth-order valence-electron chi connectivity index (χ4n) is 8.43. The molecule has 4 aromatic rings. The summed E-state index contributed by atoms with van der Waals surface area (Å²) in [4.78, 5) is 108. The second kappa shape index (κ2) is 28.1. The molecular formula is C51H62ClN7O15S2. The molecular weight excluding hydrogens is 1050 g/mol. The van der Waals surface area contributed by atoms with E-state index in [0.717, 1.165) is 6.42 Å². The Labute approximate surface area is 451 Å². The zero-order chi connectivity index (χ0) is 54.9. The number of halogens is 1. The van der Waals surface area contributed by atoms with Crippen molar-refractivity contribution in [2.24, 2.45) is 0 Å². The number of aromatic amines is 1. The highest BCUT2D eigenvalue weighted by molar-refractivity contribution is 8.77. The molecule has 25 heteroatoms. The molecule has 0 unspecified atom stereocenters. The first-order valence-electron chi connectivity index (χ1n) is 24.6. The molecule has 0 radical (unpaired) electrons. The number of hydrogen-bond donors (Lipinski definition) is 3. The summed E-state index contributed by atoms with van der Waals surface area (Å²) in [6.07, 6.45) is 3.74. The molecule has 0 aliphatic carbocycles. The Bertz CT molecular complexity index is 2860. The molecule has 410 valence electrons. The van der Waals surface area contributed by atoms with Gasteiger partial charge in [-0.3, -0.25) is 34.2 Å². The van der Waals surface area contributed by atoms with Crippen molar-refractivity contribution in [3.8, 4) is 5.75 Å². The average Bonchev–Trinajstić information content (AvgIpc) is 4.19. The second-order valence-corrected chi connectivity index (χ2v) is 21.6. The Hall–Kier alpha value is -6.40. The van der Waals surface area contributed by atoms with E-state index in [1.165, 1.54) is 74.9 Å². The van der Waals surface area contributed by atoms with Crippen molar-refractivity contribution in [3.05, 3.63) is 80.9 Å². The number of fused-ring (bicyclic) bond motifs is 4. The molecule has 0 fully saturated rings. The number of benzene rings is 2. The number of nitrogens with one attached hydrogen (secondary N) is 3. The van der Waals surface area contributed by atoms with Gasteiger partial charge in [0, 0.05) is 115 Å². The van der Waals surface area contributed by atoms with Crippen molar-refractivity contribution >= 4 is 108 Å². The predicted octanol–water partition coefficient (Wildman–Crippen LogP) is 6.84. The van der Waals surface area contributed by atoms with Gasteiger partial charge in [0.1, 0.15) is 11.3 Å². The lowest BCUT2D eigenvalue weighted by Gasteiger charge is -2.25. The van der Waals surface area contributed by atoms with Gasteiger partial charge >= 0.3 is 12.1 Å². The van der Waals surface area contributed by atoms with Gasteiger partial charge in [-0.1, -0.05) is 34.9 Å². The number of H-pyrrole nitrogens is 1. The Morgan fingerprint density at radius 2 is 1.70 bits per heavy atom. The zero-order valence-corrected chi connectivity index (χ0v) is 45.3. The summed E-state index contributed by atoms with van der Waals surface area (Å²) in [6, 6.07) is 7.03. The van der Waals surface area contributed by atoms with Crippen LogP contribution in [-0.4, -0.2) is 164 Å². The lowest BCUT2D eigenvalue weighted by Crippen LogP contribution is -2.36. The number of nitro groups is 1. The van der Waals surface area contributed by atoms with E-state index in [-0.39, 0.29) is 96.7 Å². The molecule has 3 N–H and O–H groups in total. The standard InChI is InChI=1S/C51H62ClN7O15S2/c1-6-7-15-56(17-24-75-76-51(3,4)28-42(62)54-14-19-71-21-23-72-22-20-70-18-13-53-41(61)12-16-57-36(31-60)9-11-43(57)63)50(66)74-39-27-37-45(46-44(49(65)69-5)32(2)55-47(39)46)34(29-52)30-58(37)48(64)40-26-33-25-35(59(67)68)8-10-38(33)73-40/h8-11,25-27,34,55H,6-7,12-24,28-30H2,1-5H3,(H,53,61)(H,54,62)/t34-/m1/s1. The van der Waals surface area contributed by atoms with Gasteiger partial charge < -0.3 is 53.5 Å². The van der Waals surface area contributed by atoms with Crippen LogP contribution in [0.2, 0.25) is 0 Å². The molecule has 0 spiro atoms. The third-order valence-electron chi connectivity index (χ3n) is 12.1. The number of non-ortho nitro benzene ring substituents is 1. The van der Waals surface area contributed by atoms with Crippen molar-refractivity contribution < 1.29 is 66.6 Å². The number of methoxy groups -OCH3 is 1. The Balaban J connectivity index is 0.941. The van der Waals surface area contributed by atoms with Crippen molar-refractivity contribution in [2.45, 2.75) is 64.0 Å². The molecule has 2 aliphatic heterocycles. The number of nitrogens with zero attached hydrogens (tertiary/aromatic N) is 4. The van der Waals surface area contributed by atoms with Crippen LogP contribution >= 0.6 is 33.2 Å². The maximum Gasteiger partial charge on any atom is 0.415 e. The number of carbonyl (C=O) groups is 6. The van der Waals surface area contributed by atoms with Gasteiger partial charge in [-0.25, -0.2) is 14.4 Å². The number of aryl methyl sites for hydroxylation is 1. The van der Waals surface area contributed by atoms with Crippen LogP contribution < -0.4 is 20.3 Å². The molecule has 2 aromatic heterocycles. The van der Waals surface area contributed by atoms with E-state index in [2.05, 4.69) is 15.6 Å². The highest BCUT2D eigenvalue weighted by atomic mass is 35.5. The summed E-state index contributed by atoms with van der Waals surface area (Å²) < 4.78 is 33.3. The van der Waals surface area contributed by atoms with E-state index in [9.17, 15) is 43.7 Å². The number of ether oxygens (including phenoxy) is 5. The first kappa shape index (κ1) is 58.9. The average molecular weight is 1110 g/mol. The second-order valence-electron chi connectivity index (χ2n) is 18.2. The zero-order valence-electron chi connectivity index (χ0n) is 43.0. The van der Waals surface area contributed by atoms with Crippen molar-refractivity contribution in [3.63, 3.8) is 0 Å². The minimum absolute atomic E-state index is 0.0369. The monoisotopic (exact) mass is 1110 g/mol. The van der Waals surface area contributed by atoms with Crippen LogP contribution in [0.1, 0.15) is 84.5 Å². The predicted molar refractivity (Wildman–Crippen MR) is 287 cm³/mol. The summed E-state index contributed by atoms with van der Waals surface area (Å²) >= 11 is 6.55. The van der Waals surface area contributed by atoms with Gasteiger partial charge in [0.2, 0.25) is 11.8 Å². The summed E-state index contributed by atoms with van der Waals surface area (Å²) in [5.41, 5.74) is 2.15. The Morgan fingerprint density at radius 1 is 1.00 bits per heavy atom. The molecule has 0 saturated carbocycles. The van der Waals surface area contributed by atoms with Crippen molar-refractivity contribution in [2.75, 3.05) is 103 Å². The first-order valence-corrected chi connectivity index (χ1v) is 27.5. The third kappa shape index (κ3) is 15.4. The van der Waals surface area contributed by atoms with Gasteiger partial charge in [-0.2, -0.15) is 0 Å². The van der Waals surface area contributed by atoms with Crippen LogP contribution in [0.15, 0.2) is 52.6 Å². The maximum absolute atomic E-state index is 14.3. The Kier molecular flexibility index (Phi) is 21.8. The minimum Gasteiger partial charge on any atom is -0.465 e. The number of allylic oxidation sites excluding steroid dienone is 1. The van der Waals surface area contributed by atoms with E-state index in [0.29, 0.717) is 98.1 Å². The molecule has 22 nitrogen and oxygen atoms in total. The number of hydrogen-bond acceptors (Lipinski definition) is 17. The lowest BCUT2D eigenvalue weighted by molar-refractivity contribution is -0.384. The van der Waals surface area contributed by atoms with Crippen LogP contribution in [-0.2, 0) is 38.1 Å². The Morgan fingerprint density at radius 3 is 2.36 bits per heavy atom. The number of esters is 1. The molecule has 4 heterocycles. The number of alkyl halides is 1. The molecule has 0 bridgehead atoms. The normalized spacial score (nSPS) is 14.1. The summed E-state index contributed by atoms with van der Waals surface area (Å²) in [5, 5.41) is 17.8. The fourth-order valence-corrected chi connectivity index (χ4v) is 11.2. The number of aromatic nitrogens is 1. The van der Waals surface area contributed by atoms with Crippen LogP contribution in [0.5, 0.6) is 5.75 Å². The summed E-state index contributed by atoms with van der Waals surface area (Å²) in [6.45, 7) is 11.0. The molecule has 0 saturated heterocycles. The van der Waals surface area contributed by atoms with Crippen LogP contribution in [0.3, 0.4) is 0 Å². The highest BCUT2D eigenvalue weighted by Crippen LogP contribution is 2.48. The topological polar surface area (TPSA) is 271 Å². The number of rotatable bonds is 30. The molecule has 2 aliphatic rings. The van der Waals surface area contributed by atoms with Gasteiger partial charge in [0.25, 0.3) is 17.5 Å². The van der Waals surface area contributed by atoms with E-state index in [1.54, 1.807) is 23.8 Å². The van der Waals surface area contributed by atoms with Crippen LogP contribution in [0, 0.1) is 17.0 Å². The van der Waals surface area contributed by atoms with Gasteiger partial charge in [-0.05, 0) is 51.0 Å². The number of carbonyl (C=O) groups excluding carboxylic acids is 7. The van der Waals surface area contributed by atoms with Crippen LogP contribution in [0.4, 0.5) is 16.2 Å². The third-order valence-corrected chi connectivity index (χ3v) is 15.8. The largest absolute Gasteiger partial charge is 0.465 e. The van der Waals surface area contributed by atoms with Crippen molar-refractivity contribution in [1.29, 1.82) is 0 Å². The number of unbranched alkanes of at least 4 members (excludes halogenated alkanes) is 1. The van der Waals surface area contributed by atoms with E-state index < -0.39 is 33.6 Å². The number of furan rings is 1. The summed E-state index contributed by atoms with van der Waals surface area (Å²) in [7, 11) is 4.31. The highest BCUT2D eigenvalue weighted by Gasteiger charge is 2.39. The summed E-state index contributed by atoms with van der Waals surface area (Å²) in [5.74, 6) is -0.196. The maximum atomic E-state index is 14.3. The van der Waals surface area contributed by atoms with Gasteiger partial charge in [0.05, 0.1) is 68.4 Å². The van der Waals surface area contributed by atoms with E-state index in [4.69, 9.17) is 39.7 Å². The molecule has 1 atom stereocenters. The van der Waals surface area contributed by atoms with E-state index >= 15 is 0 Å². The lowest BCUT2D eigenvalue weighted by atomic mass is 9.95. The first-order chi connectivity index (χ1) is 36.5. The number of amides is 5. The van der Waals surface area contributed by atoms with Gasteiger partial charge in [0.15, 0.2) is 17.5 Å². The quantitative estimate of drug-likeness (QED) is 0.00917. The smallest absolute Gasteiger partial charge is 0.415 e. The number of anilines is 1. The minimum atomic E-state index is -0.646. The van der Waals surface area contributed by atoms with Gasteiger partial charge in [-0.15, -0.1) is 11.6 Å². The van der Waals surface area contributed by atoms with Crippen LogP contribution in [0.25, 0.3) is 21.9 Å². The van der Waals surface area contributed by atoms with E-state index in [1.807, 2.05) is 20.8 Å². The molecule has 6 rings (SSSR count). The fraction of sp³-hybridized carbons (Fsp3) is 0.490. The van der Waals surface area contributed by atoms with Crippen molar-refractivity contribution in [1.82, 2.24) is 25.4 Å². The number of nitro benzene ring substituents is 1. The molecule has 5 amide bonds. The molecule has 2 aromatic carbocycles.